The second kappa shape index (κ2) is 23.4. The van der Waals surface area contributed by atoms with Crippen molar-refractivity contribution < 1.29 is 32.8 Å². The van der Waals surface area contributed by atoms with Gasteiger partial charge in [-0.15, -0.1) is 0 Å². The van der Waals surface area contributed by atoms with Crippen molar-refractivity contribution in [2.75, 3.05) is 19.8 Å². The number of nitro groups is 1. The number of nitrogens with zero attached hydrogens (tertiary/aromatic N) is 1. The monoisotopic (exact) mass is 648 g/mol. The van der Waals surface area contributed by atoms with Gasteiger partial charge in [0.15, 0.2) is 0 Å². The molecule has 0 fully saturated rings. The van der Waals surface area contributed by atoms with Crippen molar-refractivity contribution in [3.8, 4) is 11.5 Å². The lowest BCUT2D eigenvalue weighted by molar-refractivity contribution is -0.384. The van der Waals surface area contributed by atoms with E-state index in [0.717, 1.165) is 6.42 Å². The number of ether oxygens (including phenoxy) is 2. The van der Waals surface area contributed by atoms with Crippen LogP contribution in [0.2, 0.25) is 0 Å². The van der Waals surface area contributed by atoms with E-state index in [1.54, 1.807) is 30.3 Å². The molecule has 0 aromatic heterocycles. The van der Waals surface area contributed by atoms with E-state index >= 15 is 0 Å². The number of para-hydroxylation sites is 1. The molecule has 0 bridgehead atoms. The third-order valence-corrected chi connectivity index (χ3v) is 8.87. The molecule has 45 heavy (non-hydrogen) atoms. The third-order valence-electron chi connectivity index (χ3n) is 7.27. The number of rotatable bonds is 27. The van der Waals surface area contributed by atoms with Gasteiger partial charge in [0.1, 0.15) is 17.5 Å². The maximum absolute atomic E-state index is 13.6. The summed E-state index contributed by atoms with van der Waals surface area (Å²) in [6.07, 6.45) is 19.0. The second-order valence-electron chi connectivity index (χ2n) is 11.3. The minimum atomic E-state index is -4.14. The number of benzene rings is 2. The Morgan fingerprint density at radius 3 is 1.76 bits per heavy atom. The van der Waals surface area contributed by atoms with Crippen LogP contribution in [0.1, 0.15) is 110 Å². The van der Waals surface area contributed by atoms with Crippen molar-refractivity contribution in [3.05, 3.63) is 64.7 Å². The van der Waals surface area contributed by atoms with Crippen LogP contribution in [0, 0.1) is 10.1 Å². The summed E-state index contributed by atoms with van der Waals surface area (Å²) < 4.78 is 35.8. The number of carbonyl (C=O) groups is 1. The Hall–Kier alpha value is -2.94. The highest BCUT2D eigenvalue weighted by molar-refractivity contribution is 7.52. The molecular formula is C34H53N2O8P. The lowest BCUT2D eigenvalue weighted by Gasteiger charge is -2.23. The van der Waals surface area contributed by atoms with Gasteiger partial charge >= 0.3 is 13.7 Å². The summed E-state index contributed by atoms with van der Waals surface area (Å²) in [7, 11) is -4.14. The molecule has 2 rings (SSSR count). The van der Waals surface area contributed by atoms with Gasteiger partial charge in [-0.05, 0) is 37.6 Å². The maximum Gasteiger partial charge on any atom is 0.513 e. The van der Waals surface area contributed by atoms with E-state index in [0.29, 0.717) is 19.6 Å². The van der Waals surface area contributed by atoms with Crippen molar-refractivity contribution in [2.45, 2.75) is 116 Å². The van der Waals surface area contributed by atoms with E-state index in [2.05, 4.69) is 12.0 Å². The first kappa shape index (κ1) is 38.2. The average molecular weight is 649 g/mol. The van der Waals surface area contributed by atoms with Gasteiger partial charge in [-0.1, -0.05) is 109 Å². The topological polar surface area (TPSA) is 126 Å². The van der Waals surface area contributed by atoms with E-state index < -0.39 is 24.7 Å². The number of hydrogen-bond donors (Lipinski definition) is 1. The van der Waals surface area contributed by atoms with Crippen molar-refractivity contribution in [3.63, 3.8) is 0 Å². The Balaban J connectivity index is 1.58. The van der Waals surface area contributed by atoms with E-state index in [1.165, 1.54) is 115 Å². The quantitative estimate of drug-likeness (QED) is 0.0331. The molecule has 0 aliphatic rings. The van der Waals surface area contributed by atoms with Crippen molar-refractivity contribution in [2.24, 2.45) is 0 Å². The molecular weight excluding hydrogens is 595 g/mol. The van der Waals surface area contributed by atoms with Crippen molar-refractivity contribution >= 4 is 19.4 Å². The third kappa shape index (κ3) is 18.0. The van der Waals surface area contributed by atoms with E-state index in [4.69, 9.17) is 18.5 Å². The van der Waals surface area contributed by atoms with Gasteiger partial charge in [-0.25, -0.2) is 4.57 Å². The van der Waals surface area contributed by atoms with Crippen LogP contribution in [-0.4, -0.2) is 36.8 Å². The summed E-state index contributed by atoms with van der Waals surface area (Å²) in [4.78, 5) is 23.0. The fraction of sp³-hybridized carbons (Fsp3) is 0.618. The first-order chi connectivity index (χ1) is 21.8. The smallest absolute Gasteiger partial charge is 0.464 e. The minimum Gasteiger partial charge on any atom is -0.464 e. The zero-order valence-corrected chi connectivity index (χ0v) is 28.1. The molecule has 0 amide bonds. The van der Waals surface area contributed by atoms with Crippen LogP contribution < -0.4 is 14.1 Å². The number of nitrogens with one attached hydrogen (secondary N) is 1. The van der Waals surface area contributed by atoms with Gasteiger partial charge in [0.2, 0.25) is 0 Å². The van der Waals surface area contributed by atoms with Gasteiger partial charge in [-0.2, -0.15) is 5.09 Å². The average Bonchev–Trinajstić information content (AvgIpc) is 3.02. The summed E-state index contributed by atoms with van der Waals surface area (Å²) >= 11 is 0. The first-order valence-electron chi connectivity index (χ1n) is 16.6. The molecule has 0 saturated carbocycles. The molecule has 0 radical (unpaired) electrons. The molecule has 252 valence electrons. The fourth-order valence-corrected chi connectivity index (χ4v) is 6.23. The highest BCUT2D eigenvalue weighted by atomic mass is 31.2. The van der Waals surface area contributed by atoms with Crippen LogP contribution in [0.3, 0.4) is 0 Å². The molecule has 0 aliphatic heterocycles. The molecule has 2 aromatic carbocycles. The Bertz CT molecular complexity index is 1120. The minimum absolute atomic E-state index is 0.0730. The standard InChI is InChI=1S/C34H53N2O8P/c1-3-4-5-6-7-8-9-10-11-12-13-14-15-19-27-41-28-20-29-42-34(37)30(2)35-45(40,43-32-21-17-16-18-22-32)44-33-25-23-31(24-26-33)36(38)39/h16-18,21-26,30H,3-15,19-20,27-29H2,1-2H3,(H,35,40)/t30-,45?/m0/s1. The predicted octanol–water partition coefficient (Wildman–Crippen LogP) is 9.57. The van der Waals surface area contributed by atoms with Crippen molar-refractivity contribution in [1.82, 2.24) is 5.09 Å². The van der Waals surface area contributed by atoms with Crippen LogP contribution in [-0.2, 0) is 18.8 Å². The largest absolute Gasteiger partial charge is 0.513 e. The molecule has 11 heteroatoms. The van der Waals surface area contributed by atoms with Crippen LogP contribution in [0.5, 0.6) is 11.5 Å². The number of hydrogen-bond acceptors (Lipinski definition) is 8. The Morgan fingerprint density at radius 2 is 1.22 bits per heavy atom. The van der Waals surface area contributed by atoms with Gasteiger partial charge in [0.05, 0.1) is 11.5 Å². The maximum atomic E-state index is 13.6. The summed E-state index contributed by atoms with van der Waals surface area (Å²) in [5, 5.41) is 13.6. The Labute approximate surface area is 269 Å². The number of unbranched alkanes of at least 4 members (excludes halogenated alkanes) is 13. The van der Waals surface area contributed by atoms with Gasteiger partial charge in [0, 0.05) is 31.8 Å². The van der Waals surface area contributed by atoms with Crippen LogP contribution >= 0.6 is 7.75 Å². The summed E-state index contributed by atoms with van der Waals surface area (Å²) in [6.45, 7) is 5.11. The normalized spacial score (nSPS) is 13.1. The SMILES string of the molecule is CCCCCCCCCCCCCCCCOCCCOC(=O)[C@H](C)NP(=O)(Oc1ccccc1)Oc1ccc([N+](=O)[O-])cc1. The Morgan fingerprint density at radius 1 is 0.733 bits per heavy atom. The van der Waals surface area contributed by atoms with Crippen molar-refractivity contribution in [1.29, 1.82) is 0 Å². The van der Waals surface area contributed by atoms with Crippen LogP contribution in [0.4, 0.5) is 5.69 Å². The molecule has 0 saturated heterocycles. The summed E-state index contributed by atoms with van der Waals surface area (Å²) in [5.41, 5.74) is -0.144. The molecule has 1 unspecified atom stereocenters. The summed E-state index contributed by atoms with van der Waals surface area (Å²) in [6, 6.07) is 12.4. The molecule has 0 aliphatic carbocycles. The van der Waals surface area contributed by atoms with Gasteiger partial charge in [0.25, 0.3) is 5.69 Å². The fourth-order valence-electron chi connectivity index (χ4n) is 4.71. The van der Waals surface area contributed by atoms with E-state index in [9.17, 15) is 19.5 Å². The van der Waals surface area contributed by atoms with Crippen LogP contribution in [0.15, 0.2) is 54.6 Å². The number of non-ortho nitro benzene ring substituents is 1. The number of nitro benzene ring substituents is 1. The number of esters is 1. The molecule has 10 nitrogen and oxygen atoms in total. The zero-order valence-electron chi connectivity index (χ0n) is 27.2. The zero-order chi connectivity index (χ0) is 32.6. The highest BCUT2D eigenvalue weighted by Gasteiger charge is 2.34. The molecule has 2 aromatic rings. The highest BCUT2D eigenvalue weighted by Crippen LogP contribution is 2.45. The van der Waals surface area contributed by atoms with Gasteiger partial charge < -0.3 is 18.5 Å². The van der Waals surface area contributed by atoms with Crippen LogP contribution in [0.25, 0.3) is 0 Å². The number of carbonyl (C=O) groups excluding carboxylic acids is 1. The first-order valence-corrected chi connectivity index (χ1v) is 18.2. The predicted molar refractivity (Wildman–Crippen MR) is 178 cm³/mol. The lowest BCUT2D eigenvalue weighted by atomic mass is 10.0. The molecule has 0 spiro atoms. The summed E-state index contributed by atoms with van der Waals surface area (Å²) in [5.74, 6) is -0.290. The second-order valence-corrected chi connectivity index (χ2v) is 12.9. The molecule has 2 atom stereocenters. The lowest BCUT2D eigenvalue weighted by Crippen LogP contribution is -2.36. The van der Waals surface area contributed by atoms with E-state index in [1.807, 2.05) is 0 Å². The Kier molecular flexibility index (Phi) is 19.9. The van der Waals surface area contributed by atoms with E-state index in [-0.39, 0.29) is 23.8 Å². The van der Waals surface area contributed by atoms with Gasteiger partial charge in [-0.3, -0.25) is 14.9 Å². The molecule has 1 N–H and O–H groups in total. The molecule has 0 heterocycles.